The van der Waals surface area contributed by atoms with E-state index in [-0.39, 0.29) is 0 Å². The topological polar surface area (TPSA) is 12.5 Å². The van der Waals surface area contributed by atoms with Gasteiger partial charge in [-0.25, -0.2) is 4.39 Å². The first-order valence-corrected chi connectivity index (χ1v) is 8.75. The van der Waals surface area contributed by atoms with Crippen molar-refractivity contribution >= 4 is 15.9 Å². The summed E-state index contributed by atoms with van der Waals surface area (Å²) >= 11 is 3.42. The number of alkyl halides is 1. The average molecular weight is 356 g/mol. The molecule has 1 saturated carbocycles. The maximum atomic E-state index is 14.4. The van der Waals surface area contributed by atoms with E-state index in [1.165, 1.54) is 12.8 Å². The van der Waals surface area contributed by atoms with Gasteiger partial charge in [0.1, 0.15) is 18.0 Å². The lowest BCUT2D eigenvalue weighted by atomic mass is 9.81. The Bertz CT molecular complexity index is 460. The molecule has 3 rings (SSSR count). The van der Waals surface area contributed by atoms with Crippen LogP contribution in [0.25, 0.3) is 0 Å². The lowest BCUT2D eigenvalue weighted by molar-refractivity contribution is -0.0121. The highest BCUT2D eigenvalue weighted by molar-refractivity contribution is 9.10. The first-order chi connectivity index (χ1) is 10.1. The second-order valence-electron chi connectivity index (χ2n) is 6.39. The third kappa shape index (κ3) is 3.98. The Morgan fingerprint density at radius 2 is 1.95 bits per heavy atom. The smallest absolute Gasteiger partial charge is 0.123 e. The predicted octanol–water partition coefficient (Wildman–Crippen LogP) is 4.57. The first kappa shape index (κ1) is 15.3. The summed E-state index contributed by atoms with van der Waals surface area (Å²) < 4.78 is 21.4. The zero-order chi connectivity index (χ0) is 14.7. The number of halogens is 2. The van der Waals surface area contributed by atoms with Crippen LogP contribution in [0, 0.1) is 0 Å². The molecule has 1 aromatic carbocycles. The number of ether oxygens (including phenoxy) is 1. The minimum Gasteiger partial charge on any atom is -0.492 e. The minimum atomic E-state index is -0.923. The number of rotatable bonds is 5. The van der Waals surface area contributed by atoms with E-state index in [1.54, 1.807) is 0 Å². The standard InChI is InChI=1S/C17H23BrFNO/c18-14-5-7-16(8-6-14)21-12-15-4-1-2-11-20(15)13-17(19)9-3-10-17/h5-8,15H,1-4,9-13H2. The number of hydrogen-bond acceptors (Lipinski definition) is 2. The van der Waals surface area contributed by atoms with Crippen molar-refractivity contribution in [2.45, 2.75) is 50.2 Å². The van der Waals surface area contributed by atoms with Crippen molar-refractivity contribution in [2.75, 3.05) is 19.7 Å². The molecule has 0 bridgehead atoms. The molecule has 1 aromatic rings. The van der Waals surface area contributed by atoms with Crippen molar-refractivity contribution in [1.29, 1.82) is 0 Å². The zero-order valence-corrected chi connectivity index (χ0v) is 13.9. The molecule has 4 heteroatoms. The number of piperidine rings is 1. The van der Waals surface area contributed by atoms with Gasteiger partial charge < -0.3 is 4.74 Å². The van der Waals surface area contributed by atoms with E-state index in [2.05, 4.69) is 20.8 Å². The third-order valence-electron chi connectivity index (χ3n) is 4.74. The molecule has 1 unspecified atom stereocenters. The van der Waals surface area contributed by atoms with Crippen LogP contribution in [0.3, 0.4) is 0 Å². The zero-order valence-electron chi connectivity index (χ0n) is 12.4. The SMILES string of the molecule is FC1(CN2CCCCC2COc2ccc(Br)cc2)CCC1. The quantitative estimate of drug-likeness (QED) is 0.766. The molecule has 1 atom stereocenters. The molecule has 21 heavy (non-hydrogen) atoms. The van der Waals surface area contributed by atoms with E-state index in [0.717, 1.165) is 42.5 Å². The van der Waals surface area contributed by atoms with Gasteiger partial charge in [0, 0.05) is 17.1 Å². The van der Waals surface area contributed by atoms with Gasteiger partial charge in [-0.05, 0) is 62.9 Å². The number of nitrogens with zero attached hydrogens (tertiary/aromatic N) is 1. The third-order valence-corrected chi connectivity index (χ3v) is 5.27. The molecule has 0 radical (unpaired) electrons. The molecular formula is C17H23BrFNO. The molecule has 0 aromatic heterocycles. The van der Waals surface area contributed by atoms with Crippen LogP contribution in [0.1, 0.15) is 38.5 Å². The van der Waals surface area contributed by atoms with Crippen LogP contribution in [0.2, 0.25) is 0 Å². The largest absolute Gasteiger partial charge is 0.492 e. The Hall–Kier alpha value is -0.610. The minimum absolute atomic E-state index is 0.357. The Balaban J connectivity index is 1.55. The van der Waals surface area contributed by atoms with Crippen molar-refractivity contribution in [3.8, 4) is 5.75 Å². The van der Waals surface area contributed by atoms with Crippen LogP contribution in [-0.2, 0) is 0 Å². The van der Waals surface area contributed by atoms with Crippen molar-refractivity contribution in [3.63, 3.8) is 0 Å². The summed E-state index contributed by atoms with van der Waals surface area (Å²) in [5.74, 6) is 0.891. The fourth-order valence-electron chi connectivity index (χ4n) is 3.26. The molecule has 2 nitrogen and oxygen atoms in total. The molecule has 1 heterocycles. The highest BCUT2D eigenvalue weighted by atomic mass is 79.9. The van der Waals surface area contributed by atoms with E-state index in [9.17, 15) is 4.39 Å². The highest BCUT2D eigenvalue weighted by Crippen LogP contribution is 2.37. The molecule has 2 aliphatic rings. The molecule has 1 aliphatic heterocycles. The Labute approximate surface area is 134 Å². The van der Waals surface area contributed by atoms with E-state index < -0.39 is 5.67 Å². The van der Waals surface area contributed by atoms with Gasteiger partial charge in [0.15, 0.2) is 0 Å². The monoisotopic (exact) mass is 355 g/mol. The van der Waals surface area contributed by atoms with Crippen LogP contribution in [0.4, 0.5) is 4.39 Å². The normalized spacial score (nSPS) is 25.3. The van der Waals surface area contributed by atoms with Gasteiger partial charge in [-0.3, -0.25) is 4.90 Å². The Morgan fingerprint density at radius 1 is 1.19 bits per heavy atom. The highest BCUT2D eigenvalue weighted by Gasteiger charge is 2.40. The predicted molar refractivity (Wildman–Crippen MR) is 86.5 cm³/mol. The summed E-state index contributed by atoms with van der Waals surface area (Å²) in [6.45, 7) is 2.28. The van der Waals surface area contributed by atoms with Gasteiger partial charge in [-0.15, -0.1) is 0 Å². The number of hydrogen-bond donors (Lipinski definition) is 0. The van der Waals surface area contributed by atoms with Gasteiger partial charge in [0.2, 0.25) is 0 Å². The van der Waals surface area contributed by atoms with Crippen molar-refractivity contribution < 1.29 is 9.13 Å². The van der Waals surface area contributed by atoms with E-state index in [0.29, 0.717) is 19.2 Å². The molecule has 0 N–H and O–H groups in total. The Kier molecular flexibility index (Phi) is 4.85. The van der Waals surface area contributed by atoms with Crippen LogP contribution in [-0.4, -0.2) is 36.3 Å². The second-order valence-corrected chi connectivity index (χ2v) is 7.31. The fraction of sp³-hybridized carbons (Fsp3) is 0.647. The van der Waals surface area contributed by atoms with Crippen LogP contribution in [0.15, 0.2) is 28.7 Å². The van der Waals surface area contributed by atoms with Crippen LogP contribution < -0.4 is 4.74 Å². The van der Waals surface area contributed by atoms with Gasteiger partial charge in [-0.1, -0.05) is 22.4 Å². The van der Waals surface area contributed by atoms with E-state index >= 15 is 0 Å². The number of benzene rings is 1. The summed E-state index contributed by atoms with van der Waals surface area (Å²) in [7, 11) is 0. The summed E-state index contributed by atoms with van der Waals surface area (Å²) in [6.07, 6.45) is 6.06. The van der Waals surface area contributed by atoms with Crippen molar-refractivity contribution in [1.82, 2.24) is 4.90 Å². The summed E-state index contributed by atoms with van der Waals surface area (Å²) in [5.41, 5.74) is -0.923. The molecule has 0 spiro atoms. The summed E-state index contributed by atoms with van der Waals surface area (Å²) in [4.78, 5) is 2.32. The van der Waals surface area contributed by atoms with Crippen LogP contribution >= 0.6 is 15.9 Å². The van der Waals surface area contributed by atoms with Crippen LogP contribution in [0.5, 0.6) is 5.75 Å². The summed E-state index contributed by atoms with van der Waals surface area (Å²) in [6, 6.07) is 8.27. The molecule has 116 valence electrons. The molecule has 0 amide bonds. The fourth-order valence-corrected chi connectivity index (χ4v) is 3.53. The van der Waals surface area contributed by atoms with Gasteiger partial charge in [0.25, 0.3) is 0 Å². The summed E-state index contributed by atoms with van der Waals surface area (Å²) in [5, 5.41) is 0. The van der Waals surface area contributed by atoms with Gasteiger partial charge in [-0.2, -0.15) is 0 Å². The first-order valence-electron chi connectivity index (χ1n) is 7.96. The molecule has 1 aliphatic carbocycles. The molecular weight excluding hydrogens is 333 g/mol. The maximum absolute atomic E-state index is 14.4. The number of likely N-dealkylation sites (tertiary alicyclic amines) is 1. The van der Waals surface area contributed by atoms with Gasteiger partial charge >= 0.3 is 0 Å². The molecule has 1 saturated heterocycles. The van der Waals surface area contributed by atoms with E-state index in [1.807, 2.05) is 24.3 Å². The second kappa shape index (κ2) is 6.66. The lowest BCUT2D eigenvalue weighted by Gasteiger charge is -2.43. The van der Waals surface area contributed by atoms with Gasteiger partial charge in [0.05, 0.1) is 0 Å². The van der Waals surface area contributed by atoms with Crippen molar-refractivity contribution in [3.05, 3.63) is 28.7 Å². The Morgan fingerprint density at radius 3 is 2.62 bits per heavy atom. The van der Waals surface area contributed by atoms with Crippen molar-refractivity contribution in [2.24, 2.45) is 0 Å². The van der Waals surface area contributed by atoms with E-state index in [4.69, 9.17) is 4.74 Å². The maximum Gasteiger partial charge on any atom is 0.123 e. The average Bonchev–Trinajstić information content (AvgIpc) is 2.46. The molecule has 2 fully saturated rings. The lowest BCUT2D eigenvalue weighted by Crippen LogP contribution is -2.51.